The van der Waals surface area contributed by atoms with Gasteiger partial charge in [-0.15, -0.1) is 0 Å². The zero-order valence-electron chi connectivity index (χ0n) is 14.1. The van der Waals surface area contributed by atoms with Gasteiger partial charge in [-0.2, -0.15) is 0 Å². The number of hydrogen-bond acceptors (Lipinski definition) is 4. The lowest BCUT2D eigenvalue weighted by Crippen LogP contribution is -2.42. The standard InChI is InChI=1S/C19H23N3OS/c1-13-6-4-5-11-22(13)17(23)12-24-19-15-7-2-3-8-16(15)20-18(21-19)14-9-10-14/h2-3,7-8,13-14H,4-6,9-12H2,1H3/t13-/m0/s1. The highest BCUT2D eigenvalue weighted by atomic mass is 32.2. The van der Waals surface area contributed by atoms with Gasteiger partial charge in [-0.1, -0.05) is 30.0 Å². The molecule has 0 N–H and O–H groups in total. The Morgan fingerprint density at radius 1 is 1.21 bits per heavy atom. The van der Waals surface area contributed by atoms with Gasteiger partial charge >= 0.3 is 0 Å². The summed E-state index contributed by atoms with van der Waals surface area (Å²) in [6.07, 6.45) is 5.86. The number of aromatic nitrogens is 2. The number of rotatable bonds is 4. The highest BCUT2D eigenvalue weighted by Crippen LogP contribution is 2.39. The largest absolute Gasteiger partial charge is 0.339 e. The monoisotopic (exact) mass is 341 g/mol. The Balaban J connectivity index is 1.54. The second-order valence-corrected chi connectivity index (χ2v) is 7.86. The predicted molar refractivity (Wildman–Crippen MR) is 97.3 cm³/mol. The summed E-state index contributed by atoms with van der Waals surface area (Å²) in [6.45, 7) is 3.06. The van der Waals surface area contributed by atoms with Crippen LogP contribution < -0.4 is 0 Å². The number of piperidine rings is 1. The van der Waals surface area contributed by atoms with E-state index in [1.165, 1.54) is 19.3 Å². The number of carbonyl (C=O) groups excluding carboxylic acids is 1. The molecule has 2 heterocycles. The molecular formula is C19H23N3OS. The van der Waals surface area contributed by atoms with Crippen molar-refractivity contribution in [3.63, 3.8) is 0 Å². The van der Waals surface area contributed by atoms with Crippen molar-refractivity contribution >= 4 is 28.6 Å². The van der Waals surface area contributed by atoms with Gasteiger partial charge in [0, 0.05) is 23.9 Å². The molecule has 0 bridgehead atoms. The van der Waals surface area contributed by atoms with Crippen LogP contribution in [0, 0.1) is 0 Å². The van der Waals surface area contributed by atoms with Crippen LogP contribution in [0.2, 0.25) is 0 Å². The van der Waals surface area contributed by atoms with Gasteiger partial charge < -0.3 is 4.90 Å². The third kappa shape index (κ3) is 3.27. The van der Waals surface area contributed by atoms with Crippen LogP contribution in [0.5, 0.6) is 0 Å². The number of amides is 1. The van der Waals surface area contributed by atoms with Crippen molar-refractivity contribution in [3.05, 3.63) is 30.1 Å². The predicted octanol–water partition coefficient (Wildman–Crippen LogP) is 4.00. The van der Waals surface area contributed by atoms with Gasteiger partial charge in [-0.3, -0.25) is 4.79 Å². The molecule has 2 fully saturated rings. The third-order valence-electron chi connectivity index (χ3n) is 4.98. The van der Waals surface area contributed by atoms with Crippen LogP contribution in [0.1, 0.15) is 50.8 Å². The molecule has 4 rings (SSSR count). The quantitative estimate of drug-likeness (QED) is 0.623. The number of para-hydroxylation sites is 1. The van der Waals surface area contributed by atoms with Crippen LogP contribution >= 0.6 is 11.8 Å². The molecule has 1 atom stereocenters. The zero-order valence-corrected chi connectivity index (χ0v) is 14.9. The van der Waals surface area contributed by atoms with E-state index in [-0.39, 0.29) is 5.91 Å². The molecule has 4 nitrogen and oxygen atoms in total. The van der Waals surface area contributed by atoms with E-state index < -0.39 is 0 Å². The minimum atomic E-state index is 0.239. The fourth-order valence-corrected chi connectivity index (χ4v) is 4.29. The van der Waals surface area contributed by atoms with E-state index >= 15 is 0 Å². The van der Waals surface area contributed by atoms with Crippen molar-refractivity contribution in [2.75, 3.05) is 12.3 Å². The number of nitrogens with zero attached hydrogens (tertiary/aromatic N) is 3. The van der Waals surface area contributed by atoms with E-state index in [0.717, 1.165) is 41.1 Å². The summed E-state index contributed by atoms with van der Waals surface area (Å²) in [4.78, 5) is 24.1. The first-order valence-corrected chi connectivity index (χ1v) is 9.90. The Bertz CT molecular complexity index is 759. The Morgan fingerprint density at radius 2 is 2.04 bits per heavy atom. The van der Waals surface area contributed by atoms with Crippen LogP contribution in [0.15, 0.2) is 29.3 Å². The number of hydrogen-bond donors (Lipinski definition) is 0. The fraction of sp³-hybridized carbons (Fsp3) is 0.526. The molecule has 1 saturated heterocycles. The molecule has 0 unspecified atom stereocenters. The fourth-order valence-electron chi connectivity index (χ4n) is 3.38. The van der Waals surface area contributed by atoms with Crippen LogP contribution in [0.3, 0.4) is 0 Å². The summed E-state index contributed by atoms with van der Waals surface area (Å²) in [5.74, 6) is 2.18. The molecule has 24 heavy (non-hydrogen) atoms. The van der Waals surface area contributed by atoms with Crippen molar-refractivity contribution in [2.24, 2.45) is 0 Å². The summed E-state index contributed by atoms with van der Waals surface area (Å²) in [6, 6.07) is 8.50. The highest BCUT2D eigenvalue weighted by molar-refractivity contribution is 8.00. The minimum absolute atomic E-state index is 0.239. The van der Waals surface area contributed by atoms with E-state index in [4.69, 9.17) is 9.97 Å². The third-order valence-corrected chi connectivity index (χ3v) is 5.96. The first kappa shape index (κ1) is 15.9. The molecule has 1 saturated carbocycles. The first-order valence-electron chi connectivity index (χ1n) is 8.91. The SMILES string of the molecule is C[C@H]1CCCCN1C(=O)CSc1nc(C2CC2)nc2ccccc12. The van der Waals surface area contributed by atoms with Crippen molar-refractivity contribution in [1.29, 1.82) is 0 Å². The lowest BCUT2D eigenvalue weighted by molar-refractivity contribution is -0.131. The molecule has 1 amide bonds. The Hall–Kier alpha value is -1.62. The van der Waals surface area contributed by atoms with E-state index in [2.05, 4.69) is 13.0 Å². The summed E-state index contributed by atoms with van der Waals surface area (Å²) in [5, 5.41) is 2.02. The molecule has 1 aromatic heterocycles. The van der Waals surface area contributed by atoms with Crippen molar-refractivity contribution in [3.8, 4) is 0 Å². The number of thioether (sulfide) groups is 1. The Kier molecular flexibility index (Phi) is 4.44. The summed E-state index contributed by atoms with van der Waals surface area (Å²) < 4.78 is 0. The van der Waals surface area contributed by atoms with Crippen LogP contribution in [-0.2, 0) is 4.79 Å². The highest BCUT2D eigenvalue weighted by Gasteiger charge is 2.28. The molecular weight excluding hydrogens is 318 g/mol. The number of likely N-dealkylation sites (tertiary alicyclic amines) is 1. The van der Waals surface area contributed by atoms with E-state index in [9.17, 15) is 4.79 Å². The number of fused-ring (bicyclic) bond motifs is 1. The van der Waals surface area contributed by atoms with Crippen LogP contribution in [0.25, 0.3) is 10.9 Å². The average molecular weight is 341 g/mol. The van der Waals surface area contributed by atoms with Crippen LogP contribution in [-0.4, -0.2) is 39.1 Å². The molecule has 1 aliphatic heterocycles. The summed E-state index contributed by atoms with van der Waals surface area (Å²) in [5.41, 5.74) is 0.996. The summed E-state index contributed by atoms with van der Waals surface area (Å²) in [7, 11) is 0. The van der Waals surface area contributed by atoms with Crippen molar-refractivity contribution in [2.45, 2.75) is 56.0 Å². The first-order chi connectivity index (χ1) is 11.7. The maximum absolute atomic E-state index is 12.6. The maximum atomic E-state index is 12.6. The second kappa shape index (κ2) is 6.71. The smallest absolute Gasteiger partial charge is 0.233 e. The lowest BCUT2D eigenvalue weighted by atomic mass is 10.0. The van der Waals surface area contributed by atoms with Gasteiger partial charge in [0.1, 0.15) is 10.9 Å². The second-order valence-electron chi connectivity index (χ2n) is 6.90. The molecule has 1 aromatic carbocycles. The normalized spacial score (nSPS) is 21.2. The van der Waals surface area contributed by atoms with Gasteiger partial charge in [0.25, 0.3) is 0 Å². The molecule has 5 heteroatoms. The Labute approximate surface area is 147 Å². The van der Waals surface area contributed by atoms with Crippen molar-refractivity contribution in [1.82, 2.24) is 14.9 Å². The molecule has 0 spiro atoms. The maximum Gasteiger partial charge on any atom is 0.233 e. The van der Waals surface area contributed by atoms with Gasteiger partial charge in [-0.05, 0) is 45.1 Å². The Morgan fingerprint density at radius 3 is 2.83 bits per heavy atom. The van der Waals surface area contributed by atoms with E-state index in [1.807, 2.05) is 23.1 Å². The van der Waals surface area contributed by atoms with Gasteiger partial charge in [-0.25, -0.2) is 9.97 Å². The topological polar surface area (TPSA) is 46.1 Å². The number of benzene rings is 1. The molecule has 2 aromatic rings. The van der Waals surface area contributed by atoms with Gasteiger partial charge in [0.2, 0.25) is 5.91 Å². The van der Waals surface area contributed by atoms with Gasteiger partial charge in [0.05, 0.1) is 11.3 Å². The molecule has 2 aliphatic rings. The van der Waals surface area contributed by atoms with E-state index in [1.54, 1.807) is 11.8 Å². The molecule has 1 aliphatic carbocycles. The molecule has 126 valence electrons. The van der Waals surface area contributed by atoms with E-state index in [0.29, 0.717) is 17.7 Å². The van der Waals surface area contributed by atoms with Crippen LogP contribution in [0.4, 0.5) is 0 Å². The minimum Gasteiger partial charge on any atom is -0.339 e. The van der Waals surface area contributed by atoms with Gasteiger partial charge in [0.15, 0.2) is 0 Å². The zero-order chi connectivity index (χ0) is 16.5. The lowest BCUT2D eigenvalue weighted by Gasteiger charge is -2.33. The average Bonchev–Trinajstić information content (AvgIpc) is 3.44. The van der Waals surface area contributed by atoms with Crippen molar-refractivity contribution < 1.29 is 4.79 Å². The molecule has 0 radical (unpaired) electrons. The summed E-state index contributed by atoms with van der Waals surface area (Å²) >= 11 is 1.57. The number of carbonyl (C=O) groups is 1.